The van der Waals surface area contributed by atoms with E-state index in [-0.39, 0.29) is 37.0 Å². The number of ketones is 1. The lowest BCUT2D eigenvalue weighted by molar-refractivity contribution is -0.134. The van der Waals surface area contributed by atoms with Gasteiger partial charge in [-0.2, -0.15) is 5.10 Å². The Bertz CT molecular complexity index is 1640. The Balaban J connectivity index is 1.11. The van der Waals surface area contributed by atoms with Crippen molar-refractivity contribution in [2.45, 2.75) is 39.2 Å². The SMILES string of the molecule is CCCC(=O)CCC(=O)NCC(=O)N1CCN(Cc2cc3nc(-c4cccc5[nH]ncc45)nc(N4CCOCC4)c3s2)CC1. The summed E-state index contributed by atoms with van der Waals surface area (Å²) in [6.45, 7) is 8.27. The Morgan fingerprint density at radius 1 is 1.02 bits per heavy atom. The molecule has 2 aliphatic rings. The molecule has 232 valence electrons. The third-order valence-electron chi connectivity index (χ3n) is 8.14. The second-order valence-electron chi connectivity index (χ2n) is 11.3. The van der Waals surface area contributed by atoms with Crippen molar-refractivity contribution in [2.75, 3.05) is 63.9 Å². The van der Waals surface area contributed by atoms with Crippen molar-refractivity contribution in [3.8, 4) is 11.4 Å². The summed E-state index contributed by atoms with van der Waals surface area (Å²) in [6.07, 6.45) is 3.45. The number of fused-ring (bicyclic) bond motifs is 2. The topological polar surface area (TPSA) is 137 Å². The van der Waals surface area contributed by atoms with Crippen LogP contribution in [-0.2, 0) is 25.7 Å². The number of hydrogen-bond acceptors (Lipinski definition) is 10. The van der Waals surface area contributed by atoms with E-state index in [2.05, 4.69) is 31.4 Å². The molecule has 2 N–H and O–H groups in total. The van der Waals surface area contributed by atoms with Crippen LogP contribution in [0.3, 0.4) is 0 Å². The molecule has 0 atom stereocenters. The van der Waals surface area contributed by atoms with E-state index in [9.17, 15) is 14.4 Å². The number of nitrogens with zero attached hydrogens (tertiary/aromatic N) is 6. The maximum atomic E-state index is 12.7. The van der Waals surface area contributed by atoms with Gasteiger partial charge in [0, 0.05) is 80.9 Å². The van der Waals surface area contributed by atoms with Crippen LogP contribution < -0.4 is 10.2 Å². The largest absolute Gasteiger partial charge is 0.378 e. The first-order chi connectivity index (χ1) is 21.5. The average molecular weight is 619 g/mol. The first-order valence-electron chi connectivity index (χ1n) is 15.3. The quantitative estimate of drug-likeness (QED) is 0.260. The lowest BCUT2D eigenvalue weighted by Gasteiger charge is -2.34. The summed E-state index contributed by atoms with van der Waals surface area (Å²) < 4.78 is 6.69. The van der Waals surface area contributed by atoms with Gasteiger partial charge in [-0.3, -0.25) is 24.4 Å². The molecule has 12 nitrogen and oxygen atoms in total. The van der Waals surface area contributed by atoms with Gasteiger partial charge in [0.15, 0.2) is 11.6 Å². The number of ether oxygens (including phenoxy) is 1. The molecule has 4 aromatic rings. The lowest BCUT2D eigenvalue weighted by atomic mass is 10.1. The molecule has 0 aliphatic carbocycles. The molecular formula is C31H38N8O4S. The number of benzene rings is 1. The number of thiophene rings is 1. The minimum atomic E-state index is -0.254. The molecule has 5 heterocycles. The average Bonchev–Trinajstić information content (AvgIpc) is 3.70. The Morgan fingerprint density at radius 2 is 1.84 bits per heavy atom. The molecular weight excluding hydrogens is 580 g/mol. The first-order valence-corrected chi connectivity index (χ1v) is 16.1. The van der Waals surface area contributed by atoms with E-state index in [1.165, 1.54) is 4.88 Å². The van der Waals surface area contributed by atoms with E-state index < -0.39 is 0 Å². The van der Waals surface area contributed by atoms with E-state index >= 15 is 0 Å². The van der Waals surface area contributed by atoms with Crippen molar-refractivity contribution in [2.24, 2.45) is 0 Å². The zero-order valence-corrected chi connectivity index (χ0v) is 25.8. The molecule has 0 bridgehead atoms. The molecule has 2 saturated heterocycles. The Morgan fingerprint density at radius 3 is 2.64 bits per heavy atom. The van der Waals surface area contributed by atoms with Crippen LogP contribution in [0.1, 0.15) is 37.5 Å². The Kier molecular flexibility index (Phi) is 9.43. The summed E-state index contributed by atoms with van der Waals surface area (Å²) in [7, 11) is 0. The summed E-state index contributed by atoms with van der Waals surface area (Å²) in [5.74, 6) is 1.36. The molecule has 13 heteroatoms. The number of carbonyl (C=O) groups is 3. The number of H-pyrrole nitrogens is 1. The van der Waals surface area contributed by atoms with Crippen LogP contribution in [0.2, 0.25) is 0 Å². The molecule has 0 saturated carbocycles. The first kappa shape index (κ1) is 30.1. The number of Topliss-reactive ketones (excluding diaryl/α,β-unsaturated/α-hetero) is 1. The van der Waals surface area contributed by atoms with E-state index in [1.54, 1.807) is 16.2 Å². The van der Waals surface area contributed by atoms with Crippen LogP contribution in [0.4, 0.5) is 5.82 Å². The number of anilines is 1. The third kappa shape index (κ3) is 6.90. The Labute approximate surface area is 259 Å². The van der Waals surface area contributed by atoms with Crippen LogP contribution in [0.5, 0.6) is 0 Å². The van der Waals surface area contributed by atoms with Gasteiger partial charge in [-0.25, -0.2) is 9.97 Å². The number of aromatic nitrogens is 4. The molecule has 44 heavy (non-hydrogen) atoms. The van der Waals surface area contributed by atoms with Crippen molar-refractivity contribution in [1.82, 2.24) is 35.3 Å². The van der Waals surface area contributed by atoms with Gasteiger partial charge in [0.1, 0.15) is 5.78 Å². The number of amides is 2. The maximum absolute atomic E-state index is 12.7. The van der Waals surface area contributed by atoms with Gasteiger partial charge in [0.2, 0.25) is 11.8 Å². The van der Waals surface area contributed by atoms with Crippen molar-refractivity contribution in [1.29, 1.82) is 0 Å². The summed E-state index contributed by atoms with van der Waals surface area (Å²) in [4.78, 5) is 54.2. The molecule has 0 radical (unpaired) electrons. The van der Waals surface area contributed by atoms with Gasteiger partial charge in [-0.1, -0.05) is 19.1 Å². The second kappa shape index (κ2) is 13.8. The van der Waals surface area contributed by atoms with E-state index in [1.807, 2.05) is 31.3 Å². The van der Waals surface area contributed by atoms with Gasteiger partial charge >= 0.3 is 0 Å². The molecule has 0 spiro atoms. The van der Waals surface area contributed by atoms with E-state index in [4.69, 9.17) is 14.7 Å². The molecule has 3 aromatic heterocycles. The van der Waals surface area contributed by atoms with E-state index in [0.717, 1.165) is 71.6 Å². The van der Waals surface area contributed by atoms with Gasteiger partial charge in [-0.05, 0) is 18.6 Å². The number of nitrogens with one attached hydrogen (secondary N) is 2. The lowest BCUT2D eigenvalue weighted by Crippen LogP contribution is -2.50. The van der Waals surface area contributed by atoms with Gasteiger partial charge in [-0.15, -0.1) is 11.3 Å². The van der Waals surface area contributed by atoms with Crippen LogP contribution in [0, 0.1) is 0 Å². The molecule has 2 fully saturated rings. The predicted octanol–water partition coefficient (Wildman–Crippen LogP) is 2.98. The van der Waals surface area contributed by atoms with Gasteiger partial charge < -0.3 is 19.9 Å². The third-order valence-corrected chi connectivity index (χ3v) is 9.25. The van der Waals surface area contributed by atoms with E-state index in [0.29, 0.717) is 38.5 Å². The molecule has 6 rings (SSSR count). The number of aromatic amines is 1. The number of morpholine rings is 1. The number of rotatable bonds is 11. The molecule has 2 amide bonds. The Hall–Kier alpha value is -3.94. The molecule has 1 aromatic carbocycles. The minimum absolute atomic E-state index is 0.0328. The fraction of sp³-hybridized carbons (Fsp3) is 0.484. The zero-order chi connectivity index (χ0) is 30.5. The standard InChI is InChI=1S/C31H38N8O4S/c1-2-4-21(40)7-8-27(41)32-19-28(42)38-11-9-37(10-12-38)20-22-17-26-29(44-22)31(39-13-15-43-16-14-39)35-30(34-26)23-5-3-6-25-24(23)18-33-36-25/h3,5-6,17-18H,2,4,7-16,19-20H2,1H3,(H,32,41)(H,33,36). The molecule has 2 aliphatic heterocycles. The normalized spacial score (nSPS) is 16.1. The van der Waals surface area contributed by atoms with Crippen LogP contribution in [0.15, 0.2) is 30.5 Å². The minimum Gasteiger partial charge on any atom is -0.378 e. The maximum Gasteiger partial charge on any atom is 0.242 e. The van der Waals surface area contributed by atoms with Gasteiger partial charge in [0.25, 0.3) is 0 Å². The molecule has 0 unspecified atom stereocenters. The number of carbonyl (C=O) groups excluding carboxylic acids is 3. The van der Waals surface area contributed by atoms with Crippen molar-refractivity contribution >= 4 is 55.9 Å². The second-order valence-corrected chi connectivity index (χ2v) is 12.4. The number of piperazine rings is 1. The predicted molar refractivity (Wildman–Crippen MR) is 170 cm³/mol. The van der Waals surface area contributed by atoms with Crippen LogP contribution in [-0.4, -0.2) is 107 Å². The highest BCUT2D eigenvalue weighted by molar-refractivity contribution is 7.19. The van der Waals surface area contributed by atoms with Crippen LogP contribution in [0.25, 0.3) is 32.5 Å². The fourth-order valence-corrected chi connectivity index (χ4v) is 6.88. The highest BCUT2D eigenvalue weighted by atomic mass is 32.1. The highest BCUT2D eigenvalue weighted by Crippen LogP contribution is 2.36. The highest BCUT2D eigenvalue weighted by Gasteiger charge is 2.24. The number of hydrogen-bond donors (Lipinski definition) is 2. The van der Waals surface area contributed by atoms with Crippen LogP contribution >= 0.6 is 11.3 Å². The fourth-order valence-electron chi connectivity index (χ4n) is 5.72. The summed E-state index contributed by atoms with van der Waals surface area (Å²) in [5.41, 5.74) is 2.82. The summed E-state index contributed by atoms with van der Waals surface area (Å²) in [6, 6.07) is 8.20. The van der Waals surface area contributed by atoms with Crippen molar-refractivity contribution in [3.63, 3.8) is 0 Å². The smallest absolute Gasteiger partial charge is 0.242 e. The van der Waals surface area contributed by atoms with Crippen molar-refractivity contribution < 1.29 is 19.1 Å². The summed E-state index contributed by atoms with van der Waals surface area (Å²) in [5, 5.41) is 10.9. The summed E-state index contributed by atoms with van der Waals surface area (Å²) >= 11 is 1.73. The van der Waals surface area contributed by atoms with Gasteiger partial charge in [0.05, 0.1) is 41.7 Å². The monoisotopic (exact) mass is 618 g/mol. The zero-order valence-electron chi connectivity index (χ0n) is 25.0. The van der Waals surface area contributed by atoms with Crippen molar-refractivity contribution in [3.05, 3.63) is 35.3 Å².